The van der Waals surface area contributed by atoms with Crippen molar-refractivity contribution in [3.63, 3.8) is 0 Å². The minimum absolute atomic E-state index is 0.142. The van der Waals surface area contributed by atoms with Gasteiger partial charge in [0.1, 0.15) is 5.82 Å². The number of nitrogens with two attached hydrogens (primary N) is 1. The van der Waals surface area contributed by atoms with Crippen molar-refractivity contribution in [3.8, 4) is 0 Å². The molecule has 0 bridgehead atoms. The molecule has 0 spiro atoms. The number of aromatic nitrogens is 1. The Morgan fingerprint density at radius 3 is 2.72 bits per heavy atom. The molecule has 0 aliphatic carbocycles. The highest BCUT2D eigenvalue weighted by atomic mass is 19.4. The molecular formula is C12H18F3N3. The average molecular weight is 261 g/mol. The first-order chi connectivity index (χ1) is 8.49. The third-order valence-corrected chi connectivity index (χ3v) is 2.64. The van der Waals surface area contributed by atoms with Crippen LogP contribution in [0.5, 0.6) is 0 Å². The van der Waals surface area contributed by atoms with Gasteiger partial charge in [-0.15, -0.1) is 0 Å². The van der Waals surface area contributed by atoms with Crippen LogP contribution < -0.4 is 11.1 Å². The second-order valence-corrected chi connectivity index (χ2v) is 4.12. The monoisotopic (exact) mass is 261 g/mol. The SMILES string of the molecule is CCCCC(CN)Nc1ncccc1C(F)(F)F. The predicted octanol–water partition coefficient (Wildman–Crippen LogP) is 3.03. The van der Waals surface area contributed by atoms with Crippen molar-refractivity contribution in [2.24, 2.45) is 5.73 Å². The maximum atomic E-state index is 12.7. The Hall–Kier alpha value is -1.30. The molecule has 1 atom stereocenters. The van der Waals surface area contributed by atoms with Crippen LogP contribution in [0.25, 0.3) is 0 Å². The number of pyridine rings is 1. The summed E-state index contributed by atoms with van der Waals surface area (Å²) in [7, 11) is 0. The Kier molecular flexibility index (Phi) is 5.40. The lowest BCUT2D eigenvalue weighted by Gasteiger charge is -2.20. The fourth-order valence-electron chi connectivity index (χ4n) is 1.64. The summed E-state index contributed by atoms with van der Waals surface area (Å²) >= 11 is 0. The van der Waals surface area contributed by atoms with Crippen LogP contribution in [0.4, 0.5) is 19.0 Å². The van der Waals surface area contributed by atoms with E-state index in [1.807, 2.05) is 6.92 Å². The average Bonchev–Trinajstić information content (AvgIpc) is 2.33. The smallest absolute Gasteiger partial charge is 0.366 e. The molecule has 1 aromatic rings. The van der Waals surface area contributed by atoms with E-state index >= 15 is 0 Å². The molecule has 0 fully saturated rings. The lowest BCUT2D eigenvalue weighted by molar-refractivity contribution is -0.137. The Morgan fingerprint density at radius 2 is 2.17 bits per heavy atom. The highest BCUT2D eigenvalue weighted by Gasteiger charge is 2.34. The molecule has 1 unspecified atom stereocenters. The van der Waals surface area contributed by atoms with Crippen LogP contribution in [-0.4, -0.2) is 17.6 Å². The van der Waals surface area contributed by atoms with E-state index in [1.165, 1.54) is 12.3 Å². The van der Waals surface area contributed by atoms with Crippen molar-refractivity contribution < 1.29 is 13.2 Å². The summed E-state index contributed by atoms with van der Waals surface area (Å²) in [6, 6.07) is 2.11. The molecule has 1 aromatic heterocycles. The molecule has 3 nitrogen and oxygen atoms in total. The number of alkyl halides is 3. The zero-order valence-corrected chi connectivity index (χ0v) is 10.3. The summed E-state index contributed by atoms with van der Waals surface area (Å²) in [5, 5.41) is 2.78. The van der Waals surface area contributed by atoms with E-state index < -0.39 is 11.7 Å². The fraction of sp³-hybridized carbons (Fsp3) is 0.583. The topological polar surface area (TPSA) is 50.9 Å². The van der Waals surface area contributed by atoms with Crippen molar-refractivity contribution >= 4 is 5.82 Å². The molecule has 0 saturated carbocycles. The van der Waals surface area contributed by atoms with Crippen molar-refractivity contribution in [3.05, 3.63) is 23.9 Å². The first-order valence-corrected chi connectivity index (χ1v) is 5.97. The molecule has 0 saturated heterocycles. The lowest BCUT2D eigenvalue weighted by Crippen LogP contribution is -2.30. The number of unbranched alkanes of at least 4 members (excludes halogenated alkanes) is 1. The minimum Gasteiger partial charge on any atom is -0.366 e. The number of nitrogens with one attached hydrogen (secondary N) is 1. The number of rotatable bonds is 6. The highest BCUT2D eigenvalue weighted by molar-refractivity contribution is 5.46. The molecule has 0 aromatic carbocycles. The van der Waals surface area contributed by atoms with Crippen LogP contribution in [0.3, 0.4) is 0 Å². The van der Waals surface area contributed by atoms with Crippen molar-refractivity contribution in [1.82, 2.24) is 4.98 Å². The predicted molar refractivity (Wildman–Crippen MR) is 65.2 cm³/mol. The van der Waals surface area contributed by atoms with Gasteiger partial charge in [-0.2, -0.15) is 13.2 Å². The van der Waals surface area contributed by atoms with Gasteiger partial charge in [-0.3, -0.25) is 0 Å². The Labute approximate surface area is 105 Å². The zero-order chi connectivity index (χ0) is 13.6. The highest BCUT2D eigenvalue weighted by Crippen LogP contribution is 2.33. The van der Waals surface area contributed by atoms with Gasteiger partial charge < -0.3 is 11.1 Å². The van der Waals surface area contributed by atoms with E-state index in [0.29, 0.717) is 0 Å². The number of hydrogen-bond acceptors (Lipinski definition) is 3. The van der Waals surface area contributed by atoms with Gasteiger partial charge in [-0.05, 0) is 18.6 Å². The van der Waals surface area contributed by atoms with Crippen LogP contribution in [-0.2, 0) is 6.18 Å². The molecule has 0 aliphatic rings. The Morgan fingerprint density at radius 1 is 1.44 bits per heavy atom. The normalized spacial score (nSPS) is 13.4. The minimum atomic E-state index is -4.40. The second kappa shape index (κ2) is 6.58. The first-order valence-electron chi connectivity index (χ1n) is 5.97. The summed E-state index contributed by atoms with van der Waals surface area (Å²) in [5.41, 5.74) is 4.80. The third-order valence-electron chi connectivity index (χ3n) is 2.64. The molecule has 0 radical (unpaired) electrons. The zero-order valence-electron chi connectivity index (χ0n) is 10.3. The van der Waals surface area contributed by atoms with Gasteiger partial charge in [0, 0.05) is 18.8 Å². The quantitative estimate of drug-likeness (QED) is 0.827. The van der Waals surface area contributed by atoms with E-state index in [1.54, 1.807) is 0 Å². The van der Waals surface area contributed by atoms with Crippen molar-refractivity contribution in [1.29, 1.82) is 0 Å². The molecule has 18 heavy (non-hydrogen) atoms. The third kappa shape index (κ3) is 4.18. The van der Waals surface area contributed by atoms with Crippen LogP contribution in [0.1, 0.15) is 31.7 Å². The van der Waals surface area contributed by atoms with Crippen molar-refractivity contribution in [2.45, 2.75) is 38.4 Å². The standard InChI is InChI=1S/C12H18F3N3/c1-2-3-5-9(8-16)18-11-10(12(13,14)15)6-4-7-17-11/h4,6-7,9H,2-3,5,8,16H2,1H3,(H,17,18). The molecule has 6 heteroatoms. The van der Waals surface area contributed by atoms with Crippen LogP contribution >= 0.6 is 0 Å². The van der Waals surface area contributed by atoms with Gasteiger partial charge in [-0.1, -0.05) is 19.8 Å². The van der Waals surface area contributed by atoms with E-state index in [0.717, 1.165) is 25.3 Å². The maximum Gasteiger partial charge on any atom is 0.419 e. The summed E-state index contributed by atoms with van der Waals surface area (Å²) in [4.78, 5) is 3.75. The number of anilines is 1. The van der Waals surface area contributed by atoms with Crippen molar-refractivity contribution in [2.75, 3.05) is 11.9 Å². The van der Waals surface area contributed by atoms with Crippen LogP contribution in [0, 0.1) is 0 Å². The second-order valence-electron chi connectivity index (χ2n) is 4.12. The van der Waals surface area contributed by atoms with E-state index in [4.69, 9.17) is 5.73 Å². The molecular weight excluding hydrogens is 243 g/mol. The number of nitrogens with zero attached hydrogens (tertiary/aromatic N) is 1. The summed E-state index contributed by atoms with van der Waals surface area (Å²) in [5.74, 6) is -0.142. The lowest BCUT2D eigenvalue weighted by atomic mass is 10.1. The van der Waals surface area contributed by atoms with Crippen LogP contribution in [0.15, 0.2) is 18.3 Å². The number of hydrogen-bond donors (Lipinski definition) is 2. The first kappa shape index (κ1) is 14.8. The Balaban J connectivity index is 2.82. The van der Waals surface area contributed by atoms with E-state index in [-0.39, 0.29) is 18.4 Å². The number of halogens is 3. The molecule has 3 N–H and O–H groups in total. The van der Waals surface area contributed by atoms with Gasteiger partial charge >= 0.3 is 6.18 Å². The van der Waals surface area contributed by atoms with Gasteiger partial charge in [0.05, 0.1) is 5.56 Å². The molecule has 1 rings (SSSR count). The molecule has 0 amide bonds. The van der Waals surface area contributed by atoms with E-state index in [9.17, 15) is 13.2 Å². The molecule has 102 valence electrons. The maximum absolute atomic E-state index is 12.7. The molecule has 0 aliphatic heterocycles. The van der Waals surface area contributed by atoms with E-state index in [2.05, 4.69) is 10.3 Å². The summed E-state index contributed by atoms with van der Waals surface area (Å²) < 4.78 is 38.2. The van der Waals surface area contributed by atoms with Gasteiger partial charge in [0.15, 0.2) is 0 Å². The van der Waals surface area contributed by atoms with Gasteiger partial charge in [0.2, 0.25) is 0 Å². The summed E-state index contributed by atoms with van der Waals surface area (Å²) in [6.45, 7) is 2.31. The van der Waals surface area contributed by atoms with Crippen LogP contribution in [0.2, 0.25) is 0 Å². The molecule has 1 heterocycles. The summed E-state index contributed by atoms with van der Waals surface area (Å²) in [6.07, 6.45) is -0.429. The fourth-order valence-corrected chi connectivity index (χ4v) is 1.64. The Bertz CT molecular complexity index is 366. The van der Waals surface area contributed by atoms with Gasteiger partial charge in [0.25, 0.3) is 0 Å². The largest absolute Gasteiger partial charge is 0.419 e. The van der Waals surface area contributed by atoms with Gasteiger partial charge in [-0.25, -0.2) is 4.98 Å².